The van der Waals surface area contributed by atoms with Crippen LogP contribution in [0, 0.1) is 0 Å². The van der Waals surface area contributed by atoms with Gasteiger partial charge in [0.05, 0.1) is 5.56 Å². The molecule has 0 spiro atoms. The molecule has 8 nitrogen and oxygen atoms in total. The molecule has 0 unspecified atom stereocenters. The number of alkyl carbamates (subject to hydrolysis) is 1. The van der Waals surface area contributed by atoms with Gasteiger partial charge >= 0.3 is 12.1 Å². The van der Waals surface area contributed by atoms with Crippen molar-refractivity contribution in [1.82, 2.24) is 5.32 Å². The summed E-state index contributed by atoms with van der Waals surface area (Å²) in [6.45, 7) is 10.6. The molecule has 2 aromatic carbocycles. The first-order valence-electron chi connectivity index (χ1n) is 11.2. The fourth-order valence-electron chi connectivity index (χ4n) is 2.96. The molecule has 0 aliphatic rings. The summed E-state index contributed by atoms with van der Waals surface area (Å²) in [6, 6.07) is 13.1. The molecule has 0 heterocycles. The quantitative estimate of drug-likeness (QED) is 0.505. The van der Waals surface area contributed by atoms with Gasteiger partial charge in [-0.15, -0.1) is 0 Å². The Labute approximate surface area is 201 Å². The minimum Gasteiger partial charge on any atom is -0.456 e. The van der Waals surface area contributed by atoms with Crippen LogP contribution in [0.1, 0.15) is 57.5 Å². The van der Waals surface area contributed by atoms with Crippen molar-refractivity contribution in [2.24, 2.45) is 0 Å². The first kappa shape index (κ1) is 26.7. The van der Waals surface area contributed by atoms with E-state index in [1.165, 1.54) is 0 Å². The molecular weight excluding hydrogens is 434 g/mol. The van der Waals surface area contributed by atoms with Gasteiger partial charge in [-0.05, 0) is 83.5 Å². The van der Waals surface area contributed by atoms with Crippen molar-refractivity contribution >= 4 is 29.3 Å². The van der Waals surface area contributed by atoms with Crippen molar-refractivity contribution in [3.8, 4) is 0 Å². The third-order valence-electron chi connectivity index (χ3n) is 4.48. The molecule has 0 aliphatic heterocycles. The summed E-state index contributed by atoms with van der Waals surface area (Å²) in [5.74, 6) is -0.853. The lowest BCUT2D eigenvalue weighted by Gasteiger charge is -2.23. The number of ether oxygens (including phenoxy) is 2. The third kappa shape index (κ3) is 9.13. The van der Waals surface area contributed by atoms with Gasteiger partial charge in [-0.25, -0.2) is 9.59 Å². The summed E-state index contributed by atoms with van der Waals surface area (Å²) in [6.07, 6.45) is -0.412. The van der Waals surface area contributed by atoms with Gasteiger partial charge in [0.15, 0.2) is 0 Å². The molecule has 8 heteroatoms. The highest BCUT2D eigenvalue weighted by atomic mass is 16.6. The monoisotopic (exact) mass is 469 g/mol. The molecule has 184 valence electrons. The molecule has 0 saturated heterocycles. The Kier molecular flexibility index (Phi) is 8.68. The Bertz CT molecular complexity index is 987. The zero-order chi connectivity index (χ0) is 25.5. The van der Waals surface area contributed by atoms with E-state index in [1.54, 1.807) is 65.8 Å². The molecule has 0 aromatic heterocycles. The molecule has 0 saturated carbocycles. The van der Waals surface area contributed by atoms with E-state index in [2.05, 4.69) is 16.0 Å². The van der Waals surface area contributed by atoms with Crippen molar-refractivity contribution in [3.05, 3.63) is 59.7 Å². The summed E-state index contributed by atoms with van der Waals surface area (Å²) < 4.78 is 10.7. The lowest BCUT2D eigenvalue weighted by atomic mass is 10.0. The summed E-state index contributed by atoms with van der Waals surface area (Å²) >= 11 is 0. The molecule has 0 fully saturated rings. The number of rotatable bonds is 7. The van der Waals surface area contributed by atoms with Crippen molar-refractivity contribution in [2.45, 2.75) is 65.2 Å². The van der Waals surface area contributed by atoms with Gasteiger partial charge in [-0.1, -0.05) is 12.1 Å². The first-order valence-corrected chi connectivity index (χ1v) is 11.2. The van der Waals surface area contributed by atoms with E-state index in [-0.39, 0.29) is 6.42 Å². The summed E-state index contributed by atoms with van der Waals surface area (Å²) in [4.78, 5) is 37.6. The van der Waals surface area contributed by atoms with Crippen LogP contribution >= 0.6 is 0 Å². The lowest BCUT2D eigenvalue weighted by molar-refractivity contribution is -0.118. The Morgan fingerprint density at radius 2 is 1.32 bits per heavy atom. The molecule has 1 atom stereocenters. The van der Waals surface area contributed by atoms with Gasteiger partial charge in [0.2, 0.25) is 5.91 Å². The summed E-state index contributed by atoms with van der Waals surface area (Å²) in [7, 11) is 1.82. The zero-order valence-electron chi connectivity index (χ0n) is 20.9. The highest BCUT2D eigenvalue weighted by Gasteiger charge is 2.25. The Morgan fingerprint density at radius 1 is 0.794 bits per heavy atom. The van der Waals surface area contributed by atoms with Crippen LogP contribution in [0.4, 0.5) is 16.2 Å². The van der Waals surface area contributed by atoms with Crippen molar-refractivity contribution in [1.29, 1.82) is 0 Å². The van der Waals surface area contributed by atoms with E-state index in [9.17, 15) is 14.4 Å². The van der Waals surface area contributed by atoms with Gasteiger partial charge in [0, 0.05) is 24.8 Å². The third-order valence-corrected chi connectivity index (χ3v) is 4.48. The fourth-order valence-corrected chi connectivity index (χ4v) is 2.96. The van der Waals surface area contributed by atoms with Crippen LogP contribution < -0.4 is 16.0 Å². The standard InChI is InChI=1S/C26H35N3O5/c1-25(2,3)33-23(31)18-10-14-20(15-11-18)28-22(30)21(29-24(32)34-26(4,5)6)16-17-8-12-19(27-7)13-9-17/h8-15,21,27H,16H2,1-7H3,(H,28,30)(H,29,32)/t21-/m0/s1. The topological polar surface area (TPSA) is 106 Å². The minimum absolute atomic E-state index is 0.269. The normalized spacial score (nSPS) is 12.3. The number of carbonyl (C=O) groups excluding carboxylic acids is 3. The largest absolute Gasteiger partial charge is 0.456 e. The predicted octanol–water partition coefficient (Wildman–Crippen LogP) is 4.76. The maximum atomic E-state index is 13.1. The molecule has 2 rings (SSSR count). The molecule has 0 radical (unpaired) electrons. The van der Waals surface area contributed by atoms with E-state index >= 15 is 0 Å². The van der Waals surface area contributed by atoms with Gasteiger partial charge in [-0.2, -0.15) is 0 Å². The van der Waals surface area contributed by atoms with E-state index in [4.69, 9.17) is 9.47 Å². The number of hydrogen-bond acceptors (Lipinski definition) is 6. The molecule has 0 bridgehead atoms. The molecule has 34 heavy (non-hydrogen) atoms. The van der Waals surface area contributed by atoms with Crippen LogP contribution in [0.15, 0.2) is 48.5 Å². The van der Waals surface area contributed by atoms with Crippen LogP contribution in [0.5, 0.6) is 0 Å². The Morgan fingerprint density at radius 3 is 1.82 bits per heavy atom. The first-order chi connectivity index (χ1) is 15.8. The van der Waals surface area contributed by atoms with Gasteiger partial charge in [0.1, 0.15) is 17.2 Å². The number of anilines is 2. The minimum atomic E-state index is -0.874. The summed E-state index contributed by atoms with van der Waals surface area (Å²) in [5.41, 5.74) is 1.37. The van der Waals surface area contributed by atoms with E-state index < -0.39 is 35.2 Å². The Balaban J connectivity index is 2.14. The van der Waals surface area contributed by atoms with Gasteiger partial charge in [-0.3, -0.25) is 4.79 Å². The van der Waals surface area contributed by atoms with E-state index in [0.29, 0.717) is 11.3 Å². The maximum Gasteiger partial charge on any atom is 0.408 e. The number of amides is 2. The second-order valence-electron chi connectivity index (χ2n) is 9.92. The number of benzene rings is 2. The number of esters is 1. The second-order valence-corrected chi connectivity index (χ2v) is 9.92. The molecule has 2 amide bonds. The van der Waals surface area contributed by atoms with Crippen LogP contribution in [0.25, 0.3) is 0 Å². The smallest absolute Gasteiger partial charge is 0.408 e. The maximum absolute atomic E-state index is 13.1. The second kappa shape index (κ2) is 11.0. The molecule has 2 aromatic rings. The van der Waals surface area contributed by atoms with Crippen LogP contribution in [0.3, 0.4) is 0 Å². The van der Waals surface area contributed by atoms with E-state index in [0.717, 1.165) is 11.3 Å². The zero-order valence-corrected chi connectivity index (χ0v) is 20.9. The number of carbonyl (C=O) groups is 3. The van der Waals surface area contributed by atoms with Crippen molar-refractivity contribution in [3.63, 3.8) is 0 Å². The predicted molar refractivity (Wildman–Crippen MR) is 133 cm³/mol. The van der Waals surface area contributed by atoms with Gasteiger partial charge < -0.3 is 25.4 Å². The fraction of sp³-hybridized carbons (Fsp3) is 0.423. The average Bonchev–Trinajstić information content (AvgIpc) is 2.71. The number of nitrogens with one attached hydrogen (secondary N) is 3. The SMILES string of the molecule is CNc1ccc(C[C@H](NC(=O)OC(C)(C)C)C(=O)Nc2ccc(C(=O)OC(C)(C)C)cc2)cc1. The van der Waals surface area contributed by atoms with Crippen molar-refractivity contribution in [2.75, 3.05) is 17.7 Å². The summed E-state index contributed by atoms with van der Waals surface area (Å²) in [5, 5.41) is 8.50. The average molecular weight is 470 g/mol. The van der Waals surface area contributed by atoms with Gasteiger partial charge in [0.25, 0.3) is 0 Å². The van der Waals surface area contributed by atoms with Crippen LogP contribution in [0.2, 0.25) is 0 Å². The Hall–Kier alpha value is -3.55. The lowest BCUT2D eigenvalue weighted by Crippen LogP contribution is -2.47. The van der Waals surface area contributed by atoms with Crippen molar-refractivity contribution < 1.29 is 23.9 Å². The van der Waals surface area contributed by atoms with Crippen LogP contribution in [-0.4, -0.2) is 42.3 Å². The highest BCUT2D eigenvalue weighted by molar-refractivity contribution is 5.97. The molecule has 0 aliphatic carbocycles. The van der Waals surface area contributed by atoms with Crippen LogP contribution in [-0.2, 0) is 20.7 Å². The highest BCUT2D eigenvalue weighted by Crippen LogP contribution is 2.16. The number of hydrogen-bond donors (Lipinski definition) is 3. The molecule has 3 N–H and O–H groups in total. The van der Waals surface area contributed by atoms with E-state index in [1.807, 2.05) is 31.3 Å². The molecular formula is C26H35N3O5.